The molecule has 6 heteroatoms. The summed E-state index contributed by atoms with van der Waals surface area (Å²) in [4.78, 5) is 14.5. The molecule has 1 saturated heterocycles. The van der Waals surface area contributed by atoms with Gasteiger partial charge in [-0.25, -0.2) is 0 Å². The summed E-state index contributed by atoms with van der Waals surface area (Å²) >= 11 is 5.96. The number of halogens is 1. The van der Waals surface area contributed by atoms with Crippen LogP contribution in [0.1, 0.15) is 12.8 Å². The highest BCUT2D eigenvalue weighted by atomic mass is 35.5. The number of amides is 1. The van der Waals surface area contributed by atoms with Crippen LogP contribution in [0.5, 0.6) is 0 Å². The predicted molar refractivity (Wildman–Crippen MR) is 80.0 cm³/mol. The van der Waals surface area contributed by atoms with Crippen LogP contribution in [0.4, 0.5) is 5.69 Å². The first-order valence-electron chi connectivity index (χ1n) is 6.76. The lowest BCUT2D eigenvalue weighted by atomic mass is 9.97. The van der Waals surface area contributed by atoms with Gasteiger partial charge in [0.05, 0.1) is 11.4 Å². The molecule has 106 valence electrons. The lowest BCUT2D eigenvalue weighted by Crippen LogP contribution is -2.38. The summed E-state index contributed by atoms with van der Waals surface area (Å²) in [5.41, 5.74) is 1.52. The molecule has 1 fully saturated rings. The van der Waals surface area contributed by atoms with Crippen LogP contribution in [0, 0.1) is 5.92 Å². The number of piperidine rings is 1. The lowest BCUT2D eigenvalue weighted by molar-refractivity contribution is -0.121. The number of hydrogen-bond donors (Lipinski definition) is 2. The Kier molecular flexibility index (Phi) is 3.63. The minimum absolute atomic E-state index is 0.0622. The first-order chi connectivity index (χ1) is 9.63. The summed E-state index contributed by atoms with van der Waals surface area (Å²) in [6.07, 6.45) is 2.02. The Morgan fingerprint density at radius 2 is 2.40 bits per heavy atom. The first-order valence-corrected chi connectivity index (χ1v) is 7.14. The number of benzene rings is 1. The number of fused-ring (bicyclic) bond motifs is 1. The van der Waals surface area contributed by atoms with Gasteiger partial charge in [0.25, 0.3) is 0 Å². The van der Waals surface area contributed by atoms with Crippen molar-refractivity contribution in [3.8, 4) is 0 Å². The number of nitrogens with one attached hydrogen (secondary N) is 2. The number of anilines is 1. The number of likely N-dealkylation sites (tertiary alicyclic amines) is 1. The number of aromatic nitrogens is 2. The molecule has 0 radical (unpaired) electrons. The van der Waals surface area contributed by atoms with E-state index in [1.54, 1.807) is 0 Å². The third-order valence-corrected chi connectivity index (χ3v) is 4.06. The van der Waals surface area contributed by atoms with Gasteiger partial charge in [-0.1, -0.05) is 11.6 Å². The zero-order valence-electron chi connectivity index (χ0n) is 11.3. The second-order valence-electron chi connectivity index (χ2n) is 5.36. The minimum atomic E-state index is 0.0622. The monoisotopic (exact) mass is 292 g/mol. The second kappa shape index (κ2) is 5.42. The van der Waals surface area contributed by atoms with E-state index in [1.165, 1.54) is 0 Å². The van der Waals surface area contributed by atoms with Crippen molar-refractivity contribution < 1.29 is 4.79 Å². The van der Waals surface area contributed by atoms with Crippen LogP contribution in [0.2, 0.25) is 5.15 Å². The van der Waals surface area contributed by atoms with Gasteiger partial charge in [-0.3, -0.25) is 9.89 Å². The number of rotatable bonds is 2. The van der Waals surface area contributed by atoms with Gasteiger partial charge in [0.2, 0.25) is 5.91 Å². The number of aromatic amines is 1. The van der Waals surface area contributed by atoms with Crippen molar-refractivity contribution in [3.63, 3.8) is 0 Å². The molecule has 0 spiro atoms. The lowest BCUT2D eigenvalue weighted by Gasteiger charge is -2.28. The van der Waals surface area contributed by atoms with Crippen molar-refractivity contribution in [2.24, 2.45) is 5.92 Å². The largest absolute Gasteiger partial charge is 0.326 e. The van der Waals surface area contributed by atoms with Gasteiger partial charge < -0.3 is 10.2 Å². The van der Waals surface area contributed by atoms with Gasteiger partial charge in [-0.15, -0.1) is 0 Å². The van der Waals surface area contributed by atoms with E-state index in [9.17, 15) is 4.79 Å². The zero-order valence-corrected chi connectivity index (χ0v) is 12.1. The van der Waals surface area contributed by atoms with E-state index in [0.29, 0.717) is 5.15 Å². The maximum atomic E-state index is 12.3. The molecule has 20 heavy (non-hydrogen) atoms. The average Bonchev–Trinajstić information content (AvgIpc) is 2.80. The summed E-state index contributed by atoms with van der Waals surface area (Å²) in [5.74, 6) is 0.143. The summed E-state index contributed by atoms with van der Waals surface area (Å²) in [7, 11) is 2.05. The summed E-state index contributed by atoms with van der Waals surface area (Å²) in [6, 6.07) is 5.56. The molecule has 1 aliphatic rings. The fraction of sp³-hybridized carbons (Fsp3) is 0.429. The fourth-order valence-corrected chi connectivity index (χ4v) is 2.88. The number of hydrogen-bond acceptors (Lipinski definition) is 3. The van der Waals surface area contributed by atoms with E-state index in [4.69, 9.17) is 11.6 Å². The SMILES string of the molecule is CN1CCCC(C(=O)Nc2ccc3c(Cl)[nH]nc3c2)C1. The van der Waals surface area contributed by atoms with Crippen molar-refractivity contribution in [3.05, 3.63) is 23.4 Å². The van der Waals surface area contributed by atoms with Crippen molar-refractivity contribution in [1.82, 2.24) is 15.1 Å². The van der Waals surface area contributed by atoms with Gasteiger partial charge in [0.1, 0.15) is 5.15 Å². The molecule has 1 atom stereocenters. The van der Waals surface area contributed by atoms with Crippen LogP contribution in [0.15, 0.2) is 18.2 Å². The molecular weight excluding hydrogens is 276 g/mol. The van der Waals surface area contributed by atoms with Gasteiger partial charge >= 0.3 is 0 Å². The molecule has 5 nitrogen and oxygen atoms in total. The van der Waals surface area contributed by atoms with E-state index in [1.807, 2.05) is 18.2 Å². The molecule has 1 aliphatic heterocycles. The van der Waals surface area contributed by atoms with Crippen molar-refractivity contribution >= 4 is 34.1 Å². The fourth-order valence-electron chi connectivity index (χ4n) is 2.68. The van der Waals surface area contributed by atoms with Crippen LogP contribution in [0.25, 0.3) is 10.9 Å². The number of carbonyl (C=O) groups is 1. The molecule has 1 unspecified atom stereocenters. The van der Waals surface area contributed by atoms with Crippen LogP contribution < -0.4 is 5.32 Å². The molecule has 2 aromatic rings. The van der Waals surface area contributed by atoms with Gasteiger partial charge in [0, 0.05) is 17.6 Å². The van der Waals surface area contributed by atoms with Crippen LogP contribution in [-0.4, -0.2) is 41.1 Å². The molecule has 0 saturated carbocycles. The van der Waals surface area contributed by atoms with Crippen LogP contribution in [-0.2, 0) is 4.79 Å². The molecular formula is C14H17ClN4O. The Hall–Kier alpha value is -1.59. The highest BCUT2D eigenvalue weighted by Gasteiger charge is 2.23. The van der Waals surface area contributed by atoms with Gasteiger partial charge in [-0.05, 0) is 44.6 Å². The van der Waals surface area contributed by atoms with E-state index in [-0.39, 0.29) is 11.8 Å². The second-order valence-corrected chi connectivity index (χ2v) is 5.74. The minimum Gasteiger partial charge on any atom is -0.326 e. The smallest absolute Gasteiger partial charge is 0.228 e. The van der Waals surface area contributed by atoms with Crippen LogP contribution >= 0.6 is 11.6 Å². The quantitative estimate of drug-likeness (QED) is 0.894. The summed E-state index contributed by atoms with van der Waals surface area (Å²) in [6.45, 7) is 1.89. The molecule has 1 aromatic heterocycles. The first kappa shape index (κ1) is 13.4. The molecule has 0 aliphatic carbocycles. The van der Waals surface area contributed by atoms with Crippen molar-refractivity contribution in [2.75, 3.05) is 25.5 Å². The van der Waals surface area contributed by atoms with Crippen molar-refractivity contribution in [1.29, 1.82) is 0 Å². The van der Waals surface area contributed by atoms with E-state index < -0.39 is 0 Å². The molecule has 3 rings (SSSR count). The maximum absolute atomic E-state index is 12.3. The Bertz CT molecular complexity index is 639. The molecule has 1 amide bonds. The van der Waals surface area contributed by atoms with Gasteiger partial charge in [0.15, 0.2) is 0 Å². The Morgan fingerprint density at radius 1 is 1.55 bits per heavy atom. The Balaban J connectivity index is 1.73. The van der Waals surface area contributed by atoms with Crippen molar-refractivity contribution in [2.45, 2.75) is 12.8 Å². The molecule has 2 heterocycles. The maximum Gasteiger partial charge on any atom is 0.228 e. The molecule has 2 N–H and O–H groups in total. The number of H-pyrrole nitrogens is 1. The summed E-state index contributed by atoms with van der Waals surface area (Å²) in [5, 5.41) is 11.2. The van der Waals surface area contributed by atoms with Crippen LogP contribution in [0.3, 0.4) is 0 Å². The topological polar surface area (TPSA) is 61.0 Å². The summed E-state index contributed by atoms with van der Waals surface area (Å²) < 4.78 is 0. The Morgan fingerprint density at radius 3 is 3.20 bits per heavy atom. The van der Waals surface area contributed by atoms with E-state index in [2.05, 4.69) is 27.5 Å². The number of nitrogens with zero attached hydrogens (tertiary/aromatic N) is 2. The molecule has 0 bridgehead atoms. The highest BCUT2D eigenvalue weighted by molar-refractivity contribution is 6.34. The van der Waals surface area contributed by atoms with E-state index >= 15 is 0 Å². The van der Waals surface area contributed by atoms with Gasteiger partial charge in [-0.2, -0.15) is 5.10 Å². The number of carbonyl (C=O) groups excluding carboxylic acids is 1. The third-order valence-electron chi connectivity index (χ3n) is 3.77. The third kappa shape index (κ3) is 2.64. The molecule has 1 aromatic carbocycles. The standard InChI is InChI=1S/C14H17ClN4O/c1-19-6-2-3-9(8-19)14(20)16-10-4-5-11-12(7-10)17-18-13(11)15/h4-5,7,9H,2-3,6,8H2,1H3,(H,16,20)(H,17,18). The Labute approximate surface area is 122 Å². The van der Waals surface area contributed by atoms with E-state index in [0.717, 1.165) is 42.5 Å². The normalized spacial score (nSPS) is 20.2. The highest BCUT2D eigenvalue weighted by Crippen LogP contribution is 2.24. The zero-order chi connectivity index (χ0) is 14.1. The predicted octanol–water partition coefficient (Wildman–Crippen LogP) is 2.50. The average molecular weight is 293 g/mol.